The minimum Gasteiger partial charge on any atom is -0.305 e. The molecule has 2 atom stereocenters. The molecule has 3 heteroatoms. The van der Waals surface area contributed by atoms with E-state index in [-0.39, 0.29) is 0 Å². The molecule has 0 saturated carbocycles. The van der Waals surface area contributed by atoms with Crippen LogP contribution in [0.25, 0.3) is 0 Å². The lowest BCUT2D eigenvalue weighted by Gasteiger charge is -2.22. The Labute approximate surface area is 103 Å². The molecule has 0 spiro atoms. The number of nitrogens with one attached hydrogen (secondary N) is 1. The zero-order valence-corrected chi connectivity index (χ0v) is 11.3. The van der Waals surface area contributed by atoms with Crippen molar-refractivity contribution in [2.75, 3.05) is 13.1 Å². The van der Waals surface area contributed by atoms with Crippen molar-refractivity contribution in [3.8, 4) is 0 Å². The first-order valence-corrected chi connectivity index (χ1v) is 7.08. The van der Waals surface area contributed by atoms with Crippen LogP contribution in [0.2, 0.25) is 0 Å². The quantitative estimate of drug-likeness (QED) is 0.867. The van der Waals surface area contributed by atoms with E-state index in [4.69, 9.17) is 0 Å². The number of rotatable bonds is 4. The van der Waals surface area contributed by atoms with E-state index in [9.17, 15) is 0 Å². The van der Waals surface area contributed by atoms with Gasteiger partial charge in [0.2, 0.25) is 0 Å². The molecular formula is C13H22N2S. The standard InChI is InChI=1S/C13H22N2S/c1-10(2)15-7-6-12(9-15)14-11(3)13-5-4-8-16-13/h4-5,8,10-12,14H,6-7,9H2,1-3H3/t11-,12?/m0/s1. The Morgan fingerprint density at radius 3 is 2.81 bits per heavy atom. The Bertz CT molecular complexity index is 308. The number of hydrogen-bond donors (Lipinski definition) is 1. The summed E-state index contributed by atoms with van der Waals surface area (Å²) < 4.78 is 0. The minimum absolute atomic E-state index is 0.497. The van der Waals surface area contributed by atoms with Crippen molar-refractivity contribution >= 4 is 11.3 Å². The summed E-state index contributed by atoms with van der Waals surface area (Å²) in [5.41, 5.74) is 0. The molecule has 1 aromatic rings. The summed E-state index contributed by atoms with van der Waals surface area (Å²) in [4.78, 5) is 4.00. The summed E-state index contributed by atoms with van der Waals surface area (Å²) in [6, 6.07) is 6.20. The van der Waals surface area contributed by atoms with Crippen LogP contribution in [0.1, 0.15) is 38.1 Å². The van der Waals surface area contributed by atoms with Crippen LogP contribution in [0.15, 0.2) is 17.5 Å². The van der Waals surface area contributed by atoms with E-state index in [0.717, 1.165) is 0 Å². The van der Waals surface area contributed by atoms with Gasteiger partial charge in [-0.05, 0) is 45.2 Å². The van der Waals surface area contributed by atoms with E-state index >= 15 is 0 Å². The molecule has 1 fully saturated rings. The predicted octanol–water partition coefficient (Wildman–Crippen LogP) is 2.88. The molecule has 0 radical (unpaired) electrons. The van der Waals surface area contributed by atoms with Gasteiger partial charge >= 0.3 is 0 Å². The highest BCUT2D eigenvalue weighted by Gasteiger charge is 2.25. The van der Waals surface area contributed by atoms with Crippen molar-refractivity contribution in [1.82, 2.24) is 10.2 Å². The van der Waals surface area contributed by atoms with E-state index in [1.54, 1.807) is 0 Å². The van der Waals surface area contributed by atoms with Crippen LogP contribution in [0.3, 0.4) is 0 Å². The molecule has 2 nitrogen and oxygen atoms in total. The molecule has 90 valence electrons. The van der Waals surface area contributed by atoms with E-state index < -0.39 is 0 Å². The second kappa shape index (κ2) is 5.30. The molecule has 0 aliphatic carbocycles. The van der Waals surface area contributed by atoms with Crippen LogP contribution in [-0.4, -0.2) is 30.1 Å². The highest BCUT2D eigenvalue weighted by Crippen LogP contribution is 2.21. The van der Waals surface area contributed by atoms with Crippen molar-refractivity contribution < 1.29 is 0 Å². The van der Waals surface area contributed by atoms with Crippen LogP contribution in [0, 0.1) is 0 Å². The Kier molecular flexibility index (Phi) is 4.00. The smallest absolute Gasteiger partial charge is 0.0388 e. The van der Waals surface area contributed by atoms with Gasteiger partial charge in [0.15, 0.2) is 0 Å². The molecule has 1 aliphatic rings. The number of thiophene rings is 1. The maximum atomic E-state index is 3.73. The first-order chi connectivity index (χ1) is 7.66. The lowest BCUT2D eigenvalue weighted by atomic mass is 10.2. The molecule has 1 aromatic heterocycles. The molecule has 1 saturated heterocycles. The topological polar surface area (TPSA) is 15.3 Å². The van der Waals surface area contributed by atoms with Gasteiger partial charge in [-0.3, -0.25) is 4.90 Å². The van der Waals surface area contributed by atoms with E-state index in [0.29, 0.717) is 18.1 Å². The second-order valence-electron chi connectivity index (χ2n) is 4.98. The molecule has 1 aliphatic heterocycles. The van der Waals surface area contributed by atoms with Crippen LogP contribution in [0.4, 0.5) is 0 Å². The number of likely N-dealkylation sites (tertiary alicyclic amines) is 1. The summed E-state index contributed by atoms with van der Waals surface area (Å²) in [5, 5.41) is 5.89. The van der Waals surface area contributed by atoms with Crippen molar-refractivity contribution in [2.45, 2.75) is 45.3 Å². The molecular weight excluding hydrogens is 216 g/mol. The maximum absolute atomic E-state index is 3.73. The van der Waals surface area contributed by atoms with E-state index in [1.165, 1.54) is 24.4 Å². The first kappa shape index (κ1) is 12.1. The molecule has 0 aromatic carbocycles. The van der Waals surface area contributed by atoms with Crippen molar-refractivity contribution in [2.24, 2.45) is 0 Å². The highest BCUT2D eigenvalue weighted by atomic mass is 32.1. The zero-order valence-electron chi connectivity index (χ0n) is 10.4. The van der Waals surface area contributed by atoms with Crippen LogP contribution < -0.4 is 5.32 Å². The summed E-state index contributed by atoms with van der Waals surface area (Å²) in [6.45, 7) is 9.28. The van der Waals surface area contributed by atoms with Crippen molar-refractivity contribution in [1.29, 1.82) is 0 Å². The van der Waals surface area contributed by atoms with Gasteiger partial charge in [0.05, 0.1) is 0 Å². The summed E-state index contributed by atoms with van der Waals surface area (Å²) in [7, 11) is 0. The highest BCUT2D eigenvalue weighted by molar-refractivity contribution is 7.10. The Morgan fingerprint density at radius 2 is 2.25 bits per heavy atom. The average Bonchev–Trinajstić information content (AvgIpc) is 2.87. The van der Waals surface area contributed by atoms with Gasteiger partial charge in [0.1, 0.15) is 0 Å². The maximum Gasteiger partial charge on any atom is 0.0388 e. The molecule has 1 N–H and O–H groups in total. The third-order valence-corrected chi connectivity index (χ3v) is 4.46. The van der Waals surface area contributed by atoms with Gasteiger partial charge in [-0.1, -0.05) is 6.07 Å². The fourth-order valence-electron chi connectivity index (χ4n) is 2.37. The lowest BCUT2D eigenvalue weighted by Crippen LogP contribution is -2.36. The summed E-state index contributed by atoms with van der Waals surface area (Å²) in [6.07, 6.45) is 1.29. The molecule has 2 rings (SSSR count). The Balaban J connectivity index is 1.83. The Hall–Kier alpha value is -0.380. The lowest BCUT2D eigenvalue weighted by molar-refractivity contribution is 0.266. The molecule has 1 unspecified atom stereocenters. The molecule has 2 heterocycles. The monoisotopic (exact) mass is 238 g/mol. The van der Waals surface area contributed by atoms with Gasteiger partial charge < -0.3 is 5.32 Å². The fourth-order valence-corrected chi connectivity index (χ4v) is 3.11. The van der Waals surface area contributed by atoms with Crippen molar-refractivity contribution in [3.63, 3.8) is 0 Å². The zero-order chi connectivity index (χ0) is 11.5. The summed E-state index contributed by atoms with van der Waals surface area (Å²) >= 11 is 1.85. The Morgan fingerprint density at radius 1 is 1.44 bits per heavy atom. The van der Waals surface area contributed by atoms with Gasteiger partial charge in [-0.15, -0.1) is 11.3 Å². The van der Waals surface area contributed by atoms with Gasteiger partial charge in [0.25, 0.3) is 0 Å². The van der Waals surface area contributed by atoms with Crippen molar-refractivity contribution in [3.05, 3.63) is 22.4 Å². The minimum atomic E-state index is 0.497. The third kappa shape index (κ3) is 2.84. The SMILES string of the molecule is CC(C)N1CCC(N[C@@H](C)c2cccs2)C1. The van der Waals surface area contributed by atoms with E-state index in [2.05, 4.69) is 48.5 Å². The molecule has 16 heavy (non-hydrogen) atoms. The molecule has 0 amide bonds. The van der Waals surface area contributed by atoms with Crippen LogP contribution >= 0.6 is 11.3 Å². The largest absolute Gasteiger partial charge is 0.305 e. The number of hydrogen-bond acceptors (Lipinski definition) is 3. The normalized spacial score (nSPS) is 24.1. The third-order valence-electron chi connectivity index (χ3n) is 3.41. The van der Waals surface area contributed by atoms with Crippen LogP contribution in [0.5, 0.6) is 0 Å². The molecule has 0 bridgehead atoms. The average molecular weight is 238 g/mol. The fraction of sp³-hybridized carbons (Fsp3) is 0.692. The first-order valence-electron chi connectivity index (χ1n) is 6.20. The van der Waals surface area contributed by atoms with E-state index in [1.807, 2.05) is 11.3 Å². The van der Waals surface area contributed by atoms with Gasteiger partial charge in [0, 0.05) is 29.5 Å². The predicted molar refractivity (Wildman–Crippen MR) is 71.0 cm³/mol. The summed E-state index contributed by atoms with van der Waals surface area (Å²) in [5.74, 6) is 0. The number of nitrogens with zero attached hydrogens (tertiary/aromatic N) is 1. The van der Waals surface area contributed by atoms with Gasteiger partial charge in [-0.2, -0.15) is 0 Å². The van der Waals surface area contributed by atoms with Gasteiger partial charge in [-0.25, -0.2) is 0 Å². The van der Waals surface area contributed by atoms with Crippen LogP contribution in [-0.2, 0) is 0 Å². The second-order valence-corrected chi connectivity index (χ2v) is 5.96.